The number of H-pyrrole nitrogens is 1. The van der Waals surface area contributed by atoms with Crippen molar-refractivity contribution in [1.29, 1.82) is 0 Å². The molecule has 2 aliphatic carbocycles. The molecule has 0 radical (unpaired) electrons. The van der Waals surface area contributed by atoms with E-state index in [2.05, 4.69) is 66.5 Å². The number of aryl methyl sites for hydroxylation is 1. The van der Waals surface area contributed by atoms with Crippen molar-refractivity contribution in [2.45, 2.75) is 71.9 Å². The molecule has 2 aliphatic rings. The van der Waals surface area contributed by atoms with Crippen molar-refractivity contribution in [2.24, 2.45) is 15.8 Å². The first-order valence-corrected chi connectivity index (χ1v) is 10.9. The van der Waals surface area contributed by atoms with Crippen molar-refractivity contribution < 1.29 is 9.59 Å². The molecule has 0 spiro atoms. The topological polar surface area (TPSA) is 86.3 Å². The lowest BCUT2D eigenvalue weighted by Crippen LogP contribution is -2.49. The number of benzene rings is 1. The first-order valence-electron chi connectivity index (χ1n) is 10.9. The number of aromatic nitrogens is 1. The minimum Gasteiger partial charge on any atom is -0.358 e. The van der Waals surface area contributed by atoms with Crippen LogP contribution < -0.4 is 10.6 Å². The number of isocyanates is 1. The number of fused-ring (bicyclic) bond motifs is 3. The molecule has 4 rings (SSSR count). The number of hydrogen-bond donors (Lipinski definition) is 3. The maximum atomic E-state index is 12.6. The summed E-state index contributed by atoms with van der Waals surface area (Å²) >= 11 is 0. The van der Waals surface area contributed by atoms with E-state index in [4.69, 9.17) is 0 Å². The zero-order chi connectivity index (χ0) is 21.5. The molecule has 3 N–H and O–H groups in total. The van der Waals surface area contributed by atoms with Crippen LogP contribution in [0.25, 0.3) is 10.9 Å². The highest BCUT2D eigenvalue weighted by atomic mass is 16.2. The van der Waals surface area contributed by atoms with Gasteiger partial charge in [0, 0.05) is 35.6 Å². The number of aromatic amines is 1. The zero-order valence-electron chi connectivity index (χ0n) is 18.4. The fourth-order valence-corrected chi connectivity index (χ4v) is 5.90. The Kier molecular flexibility index (Phi) is 5.23. The highest BCUT2D eigenvalue weighted by Gasteiger charge is 2.41. The van der Waals surface area contributed by atoms with Crippen LogP contribution in [-0.2, 0) is 17.6 Å². The third-order valence-electron chi connectivity index (χ3n) is 6.72. The summed E-state index contributed by atoms with van der Waals surface area (Å²) in [5.41, 5.74) is 4.99. The van der Waals surface area contributed by atoms with Crippen molar-refractivity contribution in [1.82, 2.24) is 15.6 Å². The van der Waals surface area contributed by atoms with Gasteiger partial charge in [-0.1, -0.05) is 32.4 Å². The summed E-state index contributed by atoms with van der Waals surface area (Å²) in [4.78, 5) is 30.9. The van der Waals surface area contributed by atoms with Gasteiger partial charge in [-0.25, -0.2) is 14.6 Å². The third kappa shape index (κ3) is 4.29. The minimum atomic E-state index is -0.120. The largest absolute Gasteiger partial charge is 0.358 e. The van der Waals surface area contributed by atoms with E-state index in [1.54, 1.807) is 6.08 Å². The predicted octanol–water partition coefficient (Wildman–Crippen LogP) is 4.16. The van der Waals surface area contributed by atoms with Gasteiger partial charge in [-0.3, -0.25) is 0 Å². The van der Waals surface area contributed by atoms with Crippen molar-refractivity contribution in [3.8, 4) is 0 Å². The van der Waals surface area contributed by atoms with E-state index in [1.165, 1.54) is 27.7 Å². The van der Waals surface area contributed by atoms with Crippen molar-refractivity contribution >= 4 is 23.0 Å². The lowest BCUT2D eigenvalue weighted by Gasteiger charge is -2.45. The Morgan fingerprint density at radius 2 is 2.07 bits per heavy atom. The second kappa shape index (κ2) is 7.59. The molecule has 1 fully saturated rings. The average Bonchev–Trinajstić information content (AvgIpc) is 3.16. The standard InChI is InChI=1S/C24H32N4O2/c1-15-5-6-20-18(7-15)19-8-16(9-21(19)28-20)27-22(30)25-13-24(4)11-17(26-14-29)10-23(2,3)12-24/h5-7,16-17,28H,8-13H2,1-4H3,(H2,25,27,30). The highest BCUT2D eigenvalue weighted by molar-refractivity contribution is 5.86. The molecule has 2 aromatic rings. The van der Waals surface area contributed by atoms with E-state index in [0.717, 1.165) is 32.1 Å². The van der Waals surface area contributed by atoms with Gasteiger partial charge < -0.3 is 15.6 Å². The molecule has 1 aromatic heterocycles. The second-order valence-electron chi connectivity index (χ2n) is 10.5. The molecule has 3 atom stereocenters. The molecule has 160 valence electrons. The van der Waals surface area contributed by atoms with Gasteiger partial charge in [-0.05, 0) is 61.1 Å². The quantitative estimate of drug-likeness (QED) is 0.524. The van der Waals surface area contributed by atoms with Gasteiger partial charge >= 0.3 is 6.03 Å². The monoisotopic (exact) mass is 408 g/mol. The van der Waals surface area contributed by atoms with Crippen molar-refractivity contribution in [2.75, 3.05) is 6.54 Å². The Morgan fingerprint density at radius 1 is 1.27 bits per heavy atom. The molecule has 0 bridgehead atoms. The van der Waals surface area contributed by atoms with E-state index in [1.807, 2.05) is 0 Å². The molecule has 1 heterocycles. The fourth-order valence-electron chi connectivity index (χ4n) is 5.90. The van der Waals surface area contributed by atoms with Gasteiger partial charge in [0.15, 0.2) is 0 Å². The smallest absolute Gasteiger partial charge is 0.315 e. The number of hydrogen-bond acceptors (Lipinski definition) is 3. The Balaban J connectivity index is 1.35. The Labute approximate surface area is 177 Å². The summed E-state index contributed by atoms with van der Waals surface area (Å²) in [7, 11) is 0. The maximum absolute atomic E-state index is 12.6. The van der Waals surface area contributed by atoms with E-state index in [9.17, 15) is 9.59 Å². The first kappa shape index (κ1) is 20.7. The van der Waals surface area contributed by atoms with E-state index < -0.39 is 0 Å². The minimum absolute atomic E-state index is 0.0160. The Hall–Kier alpha value is -2.59. The number of carbonyl (C=O) groups excluding carboxylic acids is 2. The van der Waals surface area contributed by atoms with E-state index >= 15 is 0 Å². The van der Waals surface area contributed by atoms with Crippen molar-refractivity contribution in [3.05, 3.63) is 35.0 Å². The molecule has 0 aliphatic heterocycles. The number of nitrogens with one attached hydrogen (secondary N) is 3. The van der Waals surface area contributed by atoms with Crippen molar-refractivity contribution in [3.63, 3.8) is 0 Å². The Morgan fingerprint density at radius 3 is 2.83 bits per heavy atom. The van der Waals surface area contributed by atoms with Gasteiger partial charge in [0.2, 0.25) is 6.08 Å². The van der Waals surface area contributed by atoms with Gasteiger partial charge in [0.1, 0.15) is 0 Å². The number of nitrogens with zero attached hydrogens (tertiary/aromatic N) is 1. The summed E-state index contributed by atoms with van der Waals surface area (Å²) in [5.74, 6) is 0. The summed E-state index contributed by atoms with van der Waals surface area (Å²) in [5, 5.41) is 7.51. The molecule has 6 nitrogen and oxygen atoms in total. The van der Waals surface area contributed by atoms with Gasteiger partial charge in [0.05, 0.1) is 6.04 Å². The number of rotatable bonds is 4. The molecule has 0 saturated heterocycles. The van der Waals surface area contributed by atoms with Crippen LogP contribution in [0.15, 0.2) is 23.2 Å². The molecule has 30 heavy (non-hydrogen) atoms. The van der Waals surface area contributed by atoms with Gasteiger partial charge in [-0.15, -0.1) is 0 Å². The zero-order valence-corrected chi connectivity index (χ0v) is 18.4. The molecular weight excluding hydrogens is 376 g/mol. The SMILES string of the molecule is Cc1ccc2[nH]c3c(c2c1)CC(NC(=O)NCC1(C)CC(N=C=O)CC(C)(C)C1)C3. The van der Waals surface area contributed by atoms with Gasteiger partial charge in [-0.2, -0.15) is 0 Å². The number of aliphatic imine (C=N–C) groups is 1. The molecule has 6 heteroatoms. The lowest BCUT2D eigenvalue weighted by molar-refractivity contribution is 0.0849. The predicted molar refractivity (Wildman–Crippen MR) is 118 cm³/mol. The van der Waals surface area contributed by atoms with Crippen LogP contribution in [0.1, 0.15) is 56.9 Å². The molecule has 2 amide bonds. The number of urea groups is 1. The van der Waals surface area contributed by atoms with Crippen LogP contribution >= 0.6 is 0 Å². The first-order chi connectivity index (χ1) is 14.2. The molecule has 1 aromatic carbocycles. The van der Waals surface area contributed by atoms with Crippen LogP contribution in [-0.4, -0.2) is 35.7 Å². The summed E-state index contributed by atoms with van der Waals surface area (Å²) in [6.45, 7) is 9.27. The summed E-state index contributed by atoms with van der Waals surface area (Å²) < 4.78 is 0. The summed E-state index contributed by atoms with van der Waals surface area (Å²) in [6, 6.07) is 6.45. The summed E-state index contributed by atoms with van der Waals surface area (Å²) in [6.07, 6.45) is 6.08. The number of carbonyl (C=O) groups is 1. The van der Waals surface area contributed by atoms with E-state index in [-0.39, 0.29) is 28.9 Å². The van der Waals surface area contributed by atoms with Crippen LogP contribution in [0.2, 0.25) is 0 Å². The third-order valence-corrected chi connectivity index (χ3v) is 6.72. The van der Waals surface area contributed by atoms with E-state index in [0.29, 0.717) is 6.54 Å². The highest BCUT2D eigenvalue weighted by Crippen LogP contribution is 2.46. The van der Waals surface area contributed by atoms with Crippen LogP contribution in [0.3, 0.4) is 0 Å². The number of amides is 2. The normalized spacial score (nSPS) is 27.3. The Bertz CT molecular complexity index is 1020. The lowest BCUT2D eigenvalue weighted by atomic mass is 9.63. The molecule has 3 unspecified atom stereocenters. The fraction of sp³-hybridized carbons (Fsp3) is 0.583. The van der Waals surface area contributed by atoms with Crippen LogP contribution in [0.4, 0.5) is 4.79 Å². The molecule has 1 saturated carbocycles. The van der Waals surface area contributed by atoms with Crippen LogP contribution in [0, 0.1) is 17.8 Å². The van der Waals surface area contributed by atoms with Gasteiger partial charge in [0.25, 0.3) is 0 Å². The maximum Gasteiger partial charge on any atom is 0.315 e. The van der Waals surface area contributed by atoms with Crippen LogP contribution in [0.5, 0.6) is 0 Å². The average molecular weight is 409 g/mol. The molecular formula is C24H32N4O2. The second-order valence-corrected chi connectivity index (χ2v) is 10.5.